The van der Waals surface area contributed by atoms with Crippen molar-refractivity contribution in [3.05, 3.63) is 71.9 Å². The van der Waals surface area contributed by atoms with Gasteiger partial charge in [0.25, 0.3) is 0 Å². The maximum atomic E-state index is 12.9. The zero-order valence-electron chi connectivity index (χ0n) is 17.7. The van der Waals surface area contributed by atoms with Crippen LogP contribution in [0.5, 0.6) is 0 Å². The second kappa shape index (κ2) is 8.61. The Morgan fingerprint density at radius 1 is 1.09 bits per heavy atom. The minimum absolute atomic E-state index is 0.105. The van der Waals surface area contributed by atoms with Crippen LogP contribution in [0.25, 0.3) is 11.1 Å². The number of amides is 2. The summed E-state index contributed by atoms with van der Waals surface area (Å²) in [6, 6.07) is 13.2. The summed E-state index contributed by atoms with van der Waals surface area (Å²) < 4.78 is 40.3. The minimum Gasteiger partial charge on any atom is -0.465 e. The van der Waals surface area contributed by atoms with Gasteiger partial charge in [-0.25, -0.2) is 9.48 Å². The van der Waals surface area contributed by atoms with Crippen LogP contribution in [0.15, 0.2) is 60.8 Å². The molecule has 0 aliphatic carbocycles. The van der Waals surface area contributed by atoms with Gasteiger partial charge in [0.15, 0.2) is 0 Å². The first-order chi connectivity index (χ1) is 15.6. The average molecular weight is 458 g/mol. The molecule has 0 radical (unpaired) electrons. The number of anilines is 1. The molecule has 1 N–H and O–H groups in total. The molecule has 4 rings (SSSR count). The summed E-state index contributed by atoms with van der Waals surface area (Å²) in [5, 5.41) is 14.2. The number of aromatic nitrogens is 2. The van der Waals surface area contributed by atoms with Gasteiger partial charge in [-0.1, -0.05) is 42.5 Å². The molecule has 10 heteroatoms. The maximum absolute atomic E-state index is 12.9. The number of carbonyl (C=O) groups is 2. The Labute approximate surface area is 187 Å². The van der Waals surface area contributed by atoms with E-state index in [1.165, 1.54) is 39.7 Å². The van der Waals surface area contributed by atoms with E-state index in [0.717, 1.165) is 17.7 Å². The molecule has 172 valence electrons. The molecule has 1 aliphatic heterocycles. The van der Waals surface area contributed by atoms with Gasteiger partial charge in [-0.2, -0.15) is 18.3 Å². The molecular weight excluding hydrogens is 437 g/mol. The first-order valence-corrected chi connectivity index (χ1v) is 10.2. The van der Waals surface area contributed by atoms with Crippen LogP contribution in [-0.2, 0) is 24.1 Å². The molecular formula is C23H21F3N4O3. The van der Waals surface area contributed by atoms with Crippen LogP contribution in [0.2, 0.25) is 0 Å². The molecule has 1 unspecified atom stereocenters. The van der Waals surface area contributed by atoms with Crippen LogP contribution >= 0.6 is 0 Å². The third-order valence-electron chi connectivity index (χ3n) is 5.63. The lowest BCUT2D eigenvalue weighted by molar-refractivity contribution is -0.137. The van der Waals surface area contributed by atoms with Gasteiger partial charge in [0.2, 0.25) is 5.91 Å². The topological polar surface area (TPSA) is 78.7 Å². The summed E-state index contributed by atoms with van der Waals surface area (Å²) in [5.41, 5.74) is 1.02. The molecule has 7 nitrogen and oxygen atoms in total. The SMILES string of the molecule is CC(=O)N1CC(N(Cc2ccccc2)C(=O)O)Cn2ncc(-c3ccc(C(F)(F)F)cc3)c21. The number of fused-ring (bicyclic) bond motifs is 1. The minimum atomic E-state index is -4.45. The molecule has 2 amide bonds. The van der Waals surface area contributed by atoms with E-state index >= 15 is 0 Å². The summed E-state index contributed by atoms with van der Waals surface area (Å²) in [6.07, 6.45) is -4.08. The molecule has 1 aliphatic rings. The van der Waals surface area contributed by atoms with Gasteiger partial charge in [0.05, 0.1) is 24.3 Å². The van der Waals surface area contributed by atoms with Crippen molar-refractivity contribution >= 4 is 17.8 Å². The highest BCUT2D eigenvalue weighted by Crippen LogP contribution is 2.36. The number of hydrogen-bond acceptors (Lipinski definition) is 3. The largest absolute Gasteiger partial charge is 0.465 e. The number of carbonyl (C=O) groups excluding carboxylic acids is 1. The molecule has 0 spiro atoms. The van der Waals surface area contributed by atoms with Crippen LogP contribution < -0.4 is 4.90 Å². The predicted octanol–water partition coefficient (Wildman–Crippen LogP) is 4.48. The van der Waals surface area contributed by atoms with E-state index in [4.69, 9.17) is 0 Å². The van der Waals surface area contributed by atoms with E-state index in [1.807, 2.05) is 30.3 Å². The monoisotopic (exact) mass is 458 g/mol. The number of halogens is 3. The van der Waals surface area contributed by atoms with E-state index in [-0.39, 0.29) is 25.5 Å². The van der Waals surface area contributed by atoms with Gasteiger partial charge < -0.3 is 5.11 Å². The zero-order chi connectivity index (χ0) is 23.8. The normalized spacial score (nSPS) is 15.8. The Balaban J connectivity index is 1.67. The molecule has 1 atom stereocenters. The zero-order valence-corrected chi connectivity index (χ0v) is 17.7. The van der Waals surface area contributed by atoms with Gasteiger partial charge in [-0.3, -0.25) is 14.6 Å². The van der Waals surface area contributed by atoms with Crippen molar-refractivity contribution in [3.63, 3.8) is 0 Å². The van der Waals surface area contributed by atoms with E-state index in [2.05, 4.69) is 5.10 Å². The fourth-order valence-corrected chi connectivity index (χ4v) is 4.00. The Bertz CT molecular complexity index is 1160. The first kappa shape index (κ1) is 22.4. The van der Waals surface area contributed by atoms with E-state index in [9.17, 15) is 27.9 Å². The van der Waals surface area contributed by atoms with E-state index in [0.29, 0.717) is 16.9 Å². The third-order valence-corrected chi connectivity index (χ3v) is 5.63. The van der Waals surface area contributed by atoms with Crippen molar-refractivity contribution in [2.45, 2.75) is 32.2 Å². The van der Waals surface area contributed by atoms with Crippen molar-refractivity contribution in [1.82, 2.24) is 14.7 Å². The third kappa shape index (κ3) is 4.55. The van der Waals surface area contributed by atoms with Crippen molar-refractivity contribution in [3.8, 4) is 11.1 Å². The number of alkyl halides is 3. The summed E-state index contributed by atoms with van der Waals surface area (Å²) >= 11 is 0. The number of benzene rings is 2. The van der Waals surface area contributed by atoms with Gasteiger partial charge in [-0.05, 0) is 23.3 Å². The van der Waals surface area contributed by atoms with Crippen molar-refractivity contribution in [2.24, 2.45) is 0 Å². The number of nitrogens with zero attached hydrogens (tertiary/aromatic N) is 4. The summed E-state index contributed by atoms with van der Waals surface area (Å²) in [5.74, 6) is 0.114. The highest BCUT2D eigenvalue weighted by atomic mass is 19.4. The predicted molar refractivity (Wildman–Crippen MR) is 114 cm³/mol. The van der Waals surface area contributed by atoms with Gasteiger partial charge in [0.1, 0.15) is 5.82 Å². The van der Waals surface area contributed by atoms with Crippen LogP contribution in [0, 0.1) is 0 Å². The fraction of sp³-hybridized carbons (Fsp3) is 0.261. The van der Waals surface area contributed by atoms with Crippen LogP contribution in [0.4, 0.5) is 23.8 Å². The maximum Gasteiger partial charge on any atom is 0.416 e. The molecule has 33 heavy (non-hydrogen) atoms. The summed E-state index contributed by atoms with van der Waals surface area (Å²) in [6.45, 7) is 1.82. The van der Waals surface area contributed by atoms with Gasteiger partial charge in [-0.15, -0.1) is 0 Å². The fourth-order valence-electron chi connectivity index (χ4n) is 4.00. The lowest BCUT2D eigenvalue weighted by Crippen LogP contribution is -2.53. The Kier molecular flexibility index (Phi) is 5.84. The smallest absolute Gasteiger partial charge is 0.416 e. The van der Waals surface area contributed by atoms with Crippen LogP contribution in [0.3, 0.4) is 0 Å². The molecule has 0 fully saturated rings. The molecule has 0 bridgehead atoms. The number of carboxylic acid groups (broad SMARTS) is 1. The van der Waals surface area contributed by atoms with Crippen molar-refractivity contribution in [1.29, 1.82) is 0 Å². The van der Waals surface area contributed by atoms with Crippen molar-refractivity contribution < 1.29 is 27.9 Å². The Hall–Kier alpha value is -3.82. The highest BCUT2D eigenvalue weighted by Gasteiger charge is 2.36. The number of rotatable bonds is 4. The summed E-state index contributed by atoms with van der Waals surface area (Å²) in [7, 11) is 0. The second-order valence-electron chi connectivity index (χ2n) is 7.82. The van der Waals surface area contributed by atoms with Crippen LogP contribution in [-0.4, -0.2) is 44.4 Å². The van der Waals surface area contributed by atoms with Gasteiger partial charge in [0, 0.05) is 25.6 Å². The quantitative estimate of drug-likeness (QED) is 0.625. The average Bonchev–Trinajstić information content (AvgIpc) is 3.20. The van der Waals surface area contributed by atoms with Gasteiger partial charge >= 0.3 is 12.3 Å². The second-order valence-corrected chi connectivity index (χ2v) is 7.82. The highest BCUT2D eigenvalue weighted by molar-refractivity contribution is 5.95. The molecule has 0 saturated heterocycles. The lowest BCUT2D eigenvalue weighted by atomic mass is 10.0. The molecule has 2 heterocycles. The van der Waals surface area contributed by atoms with E-state index < -0.39 is 23.9 Å². The first-order valence-electron chi connectivity index (χ1n) is 10.2. The Morgan fingerprint density at radius 3 is 2.33 bits per heavy atom. The molecule has 1 aromatic heterocycles. The molecule has 2 aromatic carbocycles. The van der Waals surface area contributed by atoms with Crippen LogP contribution in [0.1, 0.15) is 18.1 Å². The molecule has 3 aromatic rings. The standard InChI is InChI=1S/C23H21F3N4O3/c1-15(31)28-13-19(29(22(32)33)12-16-5-3-2-4-6-16)14-30-21(28)20(11-27-30)17-7-9-18(10-8-17)23(24,25)26/h2-11,19H,12-14H2,1H3,(H,32,33). The summed E-state index contributed by atoms with van der Waals surface area (Å²) in [4.78, 5) is 27.2. The lowest BCUT2D eigenvalue weighted by Gasteiger charge is -2.38. The van der Waals surface area contributed by atoms with Crippen molar-refractivity contribution in [2.75, 3.05) is 11.4 Å². The molecule has 0 saturated carbocycles. The Morgan fingerprint density at radius 2 is 1.76 bits per heavy atom. The van der Waals surface area contributed by atoms with E-state index in [1.54, 1.807) is 0 Å². The number of hydrogen-bond donors (Lipinski definition) is 1.